The van der Waals surface area contributed by atoms with Gasteiger partial charge in [0.2, 0.25) is 5.91 Å². The molecule has 0 radical (unpaired) electrons. The molecule has 0 aliphatic heterocycles. The normalized spacial score (nSPS) is 11.2. The summed E-state index contributed by atoms with van der Waals surface area (Å²) in [6.07, 6.45) is 0.362. The van der Waals surface area contributed by atoms with Gasteiger partial charge >= 0.3 is 11.7 Å². The summed E-state index contributed by atoms with van der Waals surface area (Å²) in [6, 6.07) is 11.4. The van der Waals surface area contributed by atoms with Gasteiger partial charge in [0.1, 0.15) is 16.8 Å². The Kier molecular flexibility index (Phi) is 5.74. The van der Waals surface area contributed by atoms with Crippen molar-refractivity contribution in [2.75, 3.05) is 19.0 Å². The maximum absolute atomic E-state index is 12.9. The molecule has 4 aromatic rings. The van der Waals surface area contributed by atoms with E-state index < -0.39 is 11.7 Å². The van der Waals surface area contributed by atoms with Crippen LogP contribution in [0, 0.1) is 0 Å². The zero-order valence-electron chi connectivity index (χ0n) is 17.5. The predicted octanol–water partition coefficient (Wildman–Crippen LogP) is 3.50. The number of ether oxygens (including phenoxy) is 1. The van der Waals surface area contributed by atoms with Crippen LogP contribution in [0.25, 0.3) is 33.3 Å². The van der Waals surface area contributed by atoms with Gasteiger partial charge in [0.25, 0.3) is 0 Å². The van der Waals surface area contributed by atoms with Crippen molar-refractivity contribution < 1.29 is 23.8 Å². The molecule has 9 nitrogen and oxygen atoms in total. The number of rotatable bonds is 7. The lowest BCUT2D eigenvalue weighted by Crippen LogP contribution is -2.25. The molecular weight excluding hydrogens is 414 g/mol. The molecule has 0 saturated heterocycles. The third kappa shape index (κ3) is 3.85. The van der Waals surface area contributed by atoms with Gasteiger partial charge in [-0.15, -0.1) is 0 Å². The molecule has 2 heterocycles. The molecule has 0 bridgehead atoms. The number of carbonyl (C=O) groups is 2. The van der Waals surface area contributed by atoms with Crippen molar-refractivity contribution in [2.45, 2.75) is 19.9 Å². The Balaban J connectivity index is 1.93. The molecule has 2 N–H and O–H groups in total. The standard InChI is InChI=1S/C23H21N3O6/c1-3-18(27)24-15-7-4-13(5-8-15)19-21-20(26(10-11-31-2)23(30)25-19)16-9-6-14(22(28)29)12-17(16)32-21/h4-9,12H,3,10-11H2,1-2H3,(H,24,27)(H,28,29). The van der Waals surface area contributed by atoms with Gasteiger partial charge in [0.05, 0.1) is 18.7 Å². The van der Waals surface area contributed by atoms with E-state index in [2.05, 4.69) is 10.3 Å². The number of methoxy groups -OCH3 is 1. The number of nitrogens with zero attached hydrogens (tertiary/aromatic N) is 2. The van der Waals surface area contributed by atoms with Crippen molar-refractivity contribution in [2.24, 2.45) is 0 Å². The molecule has 0 fully saturated rings. The van der Waals surface area contributed by atoms with Crippen molar-refractivity contribution in [3.63, 3.8) is 0 Å². The highest BCUT2D eigenvalue weighted by molar-refractivity contribution is 6.08. The predicted molar refractivity (Wildman–Crippen MR) is 119 cm³/mol. The van der Waals surface area contributed by atoms with Crippen molar-refractivity contribution in [1.82, 2.24) is 9.55 Å². The number of carbonyl (C=O) groups excluding carboxylic acids is 1. The first-order chi connectivity index (χ1) is 15.4. The van der Waals surface area contributed by atoms with Crippen LogP contribution in [0.1, 0.15) is 23.7 Å². The summed E-state index contributed by atoms with van der Waals surface area (Å²) < 4.78 is 12.6. The number of aromatic nitrogens is 2. The minimum Gasteiger partial charge on any atom is -0.478 e. The van der Waals surface area contributed by atoms with E-state index in [9.17, 15) is 19.5 Å². The molecule has 9 heteroatoms. The molecule has 32 heavy (non-hydrogen) atoms. The van der Waals surface area contributed by atoms with Crippen LogP contribution < -0.4 is 11.0 Å². The number of hydrogen-bond donors (Lipinski definition) is 2. The molecule has 2 aromatic heterocycles. The zero-order valence-corrected chi connectivity index (χ0v) is 17.5. The Bertz CT molecular complexity index is 1390. The molecule has 164 valence electrons. The van der Waals surface area contributed by atoms with Crippen molar-refractivity contribution in [1.29, 1.82) is 0 Å². The third-order valence-electron chi connectivity index (χ3n) is 5.12. The van der Waals surface area contributed by atoms with E-state index in [1.807, 2.05) is 0 Å². The summed E-state index contributed by atoms with van der Waals surface area (Å²) >= 11 is 0. The summed E-state index contributed by atoms with van der Waals surface area (Å²) in [5.74, 6) is -1.18. The number of hydrogen-bond acceptors (Lipinski definition) is 6. The smallest absolute Gasteiger partial charge is 0.348 e. The number of anilines is 1. The first-order valence-corrected chi connectivity index (χ1v) is 10.0. The summed E-state index contributed by atoms with van der Waals surface area (Å²) in [7, 11) is 1.54. The molecule has 0 saturated carbocycles. The van der Waals surface area contributed by atoms with Crippen LogP contribution in [0.5, 0.6) is 0 Å². The molecule has 0 aliphatic rings. The second-order valence-corrected chi connectivity index (χ2v) is 7.16. The molecule has 1 amide bonds. The Morgan fingerprint density at radius 2 is 1.94 bits per heavy atom. The third-order valence-corrected chi connectivity index (χ3v) is 5.12. The molecule has 0 spiro atoms. The SMILES string of the molecule is CCC(=O)Nc1ccc(-c2nc(=O)n(CCOC)c3c2oc2cc(C(=O)O)ccc23)cc1. The van der Waals surface area contributed by atoms with E-state index >= 15 is 0 Å². The van der Waals surface area contributed by atoms with Gasteiger partial charge in [-0.2, -0.15) is 4.98 Å². The van der Waals surface area contributed by atoms with Crippen LogP contribution in [0.4, 0.5) is 5.69 Å². The number of benzene rings is 2. The van der Waals surface area contributed by atoms with Gasteiger partial charge in [0.15, 0.2) is 5.58 Å². The lowest BCUT2D eigenvalue weighted by Gasteiger charge is -2.10. The van der Waals surface area contributed by atoms with Gasteiger partial charge in [-0.1, -0.05) is 19.1 Å². The van der Waals surface area contributed by atoms with Gasteiger partial charge in [-0.3, -0.25) is 9.36 Å². The summed E-state index contributed by atoms with van der Waals surface area (Å²) in [5.41, 5.74) is 2.41. The van der Waals surface area contributed by atoms with E-state index in [1.165, 1.54) is 23.8 Å². The summed E-state index contributed by atoms with van der Waals surface area (Å²) in [5, 5.41) is 12.7. The van der Waals surface area contributed by atoms with Crippen LogP contribution in [0.3, 0.4) is 0 Å². The van der Waals surface area contributed by atoms with E-state index in [0.29, 0.717) is 52.0 Å². The lowest BCUT2D eigenvalue weighted by atomic mass is 10.1. The van der Waals surface area contributed by atoms with Crippen LogP contribution in [0.2, 0.25) is 0 Å². The Hall–Kier alpha value is -3.98. The highest BCUT2D eigenvalue weighted by Crippen LogP contribution is 2.34. The zero-order chi connectivity index (χ0) is 22.8. The van der Waals surface area contributed by atoms with Crippen LogP contribution >= 0.6 is 0 Å². The van der Waals surface area contributed by atoms with Gasteiger partial charge in [0, 0.05) is 30.2 Å². The fraction of sp³-hybridized carbons (Fsp3) is 0.217. The van der Waals surface area contributed by atoms with E-state index in [-0.39, 0.29) is 18.0 Å². The quantitative estimate of drug-likeness (QED) is 0.455. The van der Waals surface area contributed by atoms with Gasteiger partial charge in [-0.25, -0.2) is 9.59 Å². The number of nitrogens with one attached hydrogen (secondary N) is 1. The highest BCUT2D eigenvalue weighted by Gasteiger charge is 2.20. The first kappa shape index (κ1) is 21.3. The summed E-state index contributed by atoms with van der Waals surface area (Å²) in [6.45, 7) is 2.32. The van der Waals surface area contributed by atoms with Gasteiger partial charge in [-0.05, 0) is 30.3 Å². The van der Waals surface area contributed by atoms with Crippen LogP contribution in [-0.2, 0) is 16.1 Å². The second kappa shape index (κ2) is 8.64. The minimum atomic E-state index is -1.08. The number of amides is 1. The Morgan fingerprint density at radius 3 is 2.59 bits per heavy atom. The molecule has 0 atom stereocenters. The molecular formula is C23H21N3O6. The number of carboxylic acid groups (broad SMARTS) is 1. The van der Waals surface area contributed by atoms with Crippen LogP contribution in [0.15, 0.2) is 51.7 Å². The maximum atomic E-state index is 12.9. The Labute approximate surface area is 182 Å². The van der Waals surface area contributed by atoms with Crippen LogP contribution in [-0.4, -0.2) is 40.3 Å². The van der Waals surface area contributed by atoms with Crippen molar-refractivity contribution >= 4 is 39.6 Å². The number of fused-ring (bicyclic) bond motifs is 3. The van der Waals surface area contributed by atoms with Gasteiger partial charge < -0.3 is 19.6 Å². The second-order valence-electron chi connectivity index (χ2n) is 7.16. The number of carboxylic acids is 1. The van der Waals surface area contributed by atoms with Crippen molar-refractivity contribution in [3.8, 4) is 11.3 Å². The average Bonchev–Trinajstić information content (AvgIpc) is 3.17. The summed E-state index contributed by atoms with van der Waals surface area (Å²) in [4.78, 5) is 40.1. The largest absolute Gasteiger partial charge is 0.478 e. The average molecular weight is 435 g/mol. The number of furan rings is 1. The maximum Gasteiger partial charge on any atom is 0.348 e. The fourth-order valence-corrected chi connectivity index (χ4v) is 3.49. The highest BCUT2D eigenvalue weighted by atomic mass is 16.5. The van der Waals surface area contributed by atoms with Crippen molar-refractivity contribution in [3.05, 3.63) is 58.5 Å². The number of aromatic carboxylic acids is 1. The fourth-order valence-electron chi connectivity index (χ4n) is 3.49. The molecule has 0 aliphatic carbocycles. The monoisotopic (exact) mass is 435 g/mol. The minimum absolute atomic E-state index is 0.0767. The molecule has 4 rings (SSSR count). The molecule has 2 aromatic carbocycles. The topological polar surface area (TPSA) is 124 Å². The van der Waals surface area contributed by atoms with E-state index in [1.54, 1.807) is 37.3 Å². The molecule has 0 unspecified atom stereocenters. The first-order valence-electron chi connectivity index (χ1n) is 10.0. The Morgan fingerprint density at radius 1 is 1.19 bits per heavy atom. The van der Waals surface area contributed by atoms with E-state index in [4.69, 9.17) is 9.15 Å². The lowest BCUT2D eigenvalue weighted by molar-refractivity contribution is -0.115. The van der Waals surface area contributed by atoms with E-state index in [0.717, 1.165) is 0 Å².